The van der Waals surface area contributed by atoms with E-state index in [1.165, 1.54) is 0 Å². The van der Waals surface area contributed by atoms with E-state index in [1.807, 2.05) is 6.07 Å². The second kappa shape index (κ2) is 9.89. The fourth-order valence-electron chi connectivity index (χ4n) is 3.88. The van der Waals surface area contributed by atoms with E-state index in [1.54, 1.807) is 12.4 Å². The average Bonchev–Trinajstić information content (AvgIpc) is 3.12. The molecule has 2 atom stereocenters. The number of halogens is 3. The zero-order valence-corrected chi connectivity index (χ0v) is 16.6. The van der Waals surface area contributed by atoms with E-state index in [0.717, 1.165) is 51.4 Å². The summed E-state index contributed by atoms with van der Waals surface area (Å²) < 4.78 is 31.7. The summed E-state index contributed by atoms with van der Waals surface area (Å²) in [4.78, 5) is 34.6. The number of anilines is 1. The van der Waals surface area contributed by atoms with Gasteiger partial charge in [-0.1, -0.05) is 13.8 Å². The van der Waals surface area contributed by atoms with Crippen molar-refractivity contribution in [3.63, 3.8) is 0 Å². The maximum atomic E-state index is 12.6. The summed E-state index contributed by atoms with van der Waals surface area (Å²) in [5.74, 6) is -0.150. The number of fused-ring (bicyclic) bond motifs is 1. The summed E-state index contributed by atoms with van der Waals surface area (Å²) in [6.45, 7) is 8.06. The number of aromatic nitrogens is 2. The molecular formula is C19H27F3N4O3. The van der Waals surface area contributed by atoms with E-state index >= 15 is 0 Å². The van der Waals surface area contributed by atoms with Gasteiger partial charge in [-0.3, -0.25) is 4.79 Å². The Hall–Kier alpha value is -2.39. The molecule has 162 valence electrons. The van der Waals surface area contributed by atoms with Crippen molar-refractivity contribution in [2.24, 2.45) is 17.8 Å². The van der Waals surface area contributed by atoms with Crippen LogP contribution in [0, 0.1) is 17.8 Å². The SMILES string of the molecule is CCC(CC)C(=O)N1C[C@@H]2CCN(c3ncccn3)C[C@@H]2C1.O=C(O)C(F)(F)F. The van der Waals surface area contributed by atoms with E-state index in [9.17, 15) is 18.0 Å². The van der Waals surface area contributed by atoms with Crippen molar-refractivity contribution in [2.75, 3.05) is 31.1 Å². The predicted octanol–water partition coefficient (Wildman–Crippen LogP) is 2.83. The zero-order chi connectivity index (χ0) is 21.6. The normalized spacial score (nSPS) is 21.4. The third-order valence-corrected chi connectivity index (χ3v) is 5.53. The number of carboxylic acids is 1. The lowest BCUT2D eigenvalue weighted by Crippen LogP contribution is -2.40. The molecule has 0 unspecified atom stereocenters. The number of carbonyl (C=O) groups excluding carboxylic acids is 1. The van der Waals surface area contributed by atoms with Gasteiger partial charge < -0.3 is 14.9 Å². The Balaban J connectivity index is 0.000000370. The van der Waals surface area contributed by atoms with Crippen molar-refractivity contribution in [1.82, 2.24) is 14.9 Å². The first kappa shape index (κ1) is 22.9. The van der Waals surface area contributed by atoms with Crippen molar-refractivity contribution in [3.8, 4) is 0 Å². The molecule has 2 saturated heterocycles. The molecule has 0 aliphatic carbocycles. The maximum absolute atomic E-state index is 12.6. The molecule has 0 radical (unpaired) electrons. The lowest BCUT2D eigenvalue weighted by Gasteiger charge is -2.34. The molecule has 10 heteroatoms. The van der Waals surface area contributed by atoms with Crippen LogP contribution >= 0.6 is 0 Å². The van der Waals surface area contributed by atoms with Gasteiger partial charge in [-0.05, 0) is 37.2 Å². The summed E-state index contributed by atoms with van der Waals surface area (Å²) >= 11 is 0. The second-order valence-electron chi connectivity index (χ2n) is 7.36. The van der Waals surface area contributed by atoms with Crippen LogP contribution in [0.2, 0.25) is 0 Å². The van der Waals surface area contributed by atoms with E-state index in [4.69, 9.17) is 9.90 Å². The highest BCUT2D eigenvalue weighted by atomic mass is 19.4. The van der Waals surface area contributed by atoms with Crippen molar-refractivity contribution in [2.45, 2.75) is 39.3 Å². The number of nitrogens with zero attached hydrogens (tertiary/aromatic N) is 4. The van der Waals surface area contributed by atoms with Crippen LogP contribution in [0.5, 0.6) is 0 Å². The van der Waals surface area contributed by atoms with Gasteiger partial charge in [0.1, 0.15) is 0 Å². The van der Waals surface area contributed by atoms with Crippen LogP contribution in [0.25, 0.3) is 0 Å². The van der Waals surface area contributed by atoms with Crippen LogP contribution < -0.4 is 4.90 Å². The van der Waals surface area contributed by atoms with Crippen LogP contribution in [-0.2, 0) is 9.59 Å². The van der Waals surface area contributed by atoms with Gasteiger partial charge >= 0.3 is 12.1 Å². The van der Waals surface area contributed by atoms with Gasteiger partial charge in [0.25, 0.3) is 0 Å². The fourth-order valence-corrected chi connectivity index (χ4v) is 3.88. The van der Waals surface area contributed by atoms with Crippen LogP contribution in [-0.4, -0.2) is 64.2 Å². The molecule has 29 heavy (non-hydrogen) atoms. The minimum absolute atomic E-state index is 0.203. The number of hydrogen-bond acceptors (Lipinski definition) is 5. The van der Waals surface area contributed by atoms with Gasteiger partial charge in [0.05, 0.1) is 0 Å². The Morgan fingerprint density at radius 1 is 1.14 bits per heavy atom. The first-order chi connectivity index (χ1) is 13.7. The number of rotatable bonds is 4. The number of likely N-dealkylation sites (tertiary alicyclic amines) is 1. The van der Waals surface area contributed by atoms with E-state index in [0.29, 0.717) is 17.7 Å². The number of carboxylic acid groups (broad SMARTS) is 1. The molecule has 2 fully saturated rings. The Kier molecular flexibility index (Phi) is 7.80. The number of amides is 1. The van der Waals surface area contributed by atoms with E-state index in [2.05, 4.69) is 33.6 Å². The quantitative estimate of drug-likeness (QED) is 0.812. The molecule has 3 rings (SSSR count). The van der Waals surface area contributed by atoms with Gasteiger partial charge in [0, 0.05) is 44.5 Å². The summed E-state index contributed by atoms with van der Waals surface area (Å²) in [5, 5.41) is 7.12. The molecule has 0 saturated carbocycles. The van der Waals surface area contributed by atoms with Crippen molar-refractivity contribution in [3.05, 3.63) is 18.5 Å². The third-order valence-electron chi connectivity index (χ3n) is 5.53. The molecule has 0 aromatic carbocycles. The largest absolute Gasteiger partial charge is 0.490 e. The van der Waals surface area contributed by atoms with Gasteiger partial charge in [-0.25, -0.2) is 14.8 Å². The molecular weight excluding hydrogens is 389 g/mol. The first-order valence-electron chi connectivity index (χ1n) is 9.78. The Morgan fingerprint density at radius 3 is 2.21 bits per heavy atom. The minimum Gasteiger partial charge on any atom is -0.475 e. The summed E-state index contributed by atoms with van der Waals surface area (Å²) in [7, 11) is 0. The number of carbonyl (C=O) groups is 2. The smallest absolute Gasteiger partial charge is 0.475 e. The molecule has 3 heterocycles. The predicted molar refractivity (Wildman–Crippen MR) is 100 cm³/mol. The van der Waals surface area contributed by atoms with E-state index < -0.39 is 12.1 Å². The highest BCUT2D eigenvalue weighted by molar-refractivity contribution is 5.79. The highest BCUT2D eigenvalue weighted by Crippen LogP contribution is 2.33. The first-order valence-corrected chi connectivity index (χ1v) is 9.78. The Bertz CT molecular complexity index is 683. The minimum atomic E-state index is -5.08. The van der Waals surface area contributed by atoms with Crippen LogP contribution in [0.4, 0.5) is 19.1 Å². The van der Waals surface area contributed by atoms with E-state index in [-0.39, 0.29) is 5.92 Å². The molecule has 1 amide bonds. The zero-order valence-electron chi connectivity index (χ0n) is 16.6. The third kappa shape index (κ3) is 6.04. The molecule has 1 aromatic rings. The summed E-state index contributed by atoms with van der Waals surface area (Å²) in [6, 6.07) is 1.85. The lowest BCUT2D eigenvalue weighted by atomic mass is 9.89. The molecule has 0 bridgehead atoms. The number of piperidine rings is 1. The summed E-state index contributed by atoms with van der Waals surface area (Å²) in [5.41, 5.74) is 0. The van der Waals surface area contributed by atoms with Crippen molar-refractivity contribution < 1.29 is 27.9 Å². The molecule has 2 aliphatic heterocycles. The van der Waals surface area contributed by atoms with Gasteiger partial charge in [0.15, 0.2) is 0 Å². The van der Waals surface area contributed by atoms with Gasteiger partial charge in [-0.2, -0.15) is 13.2 Å². The number of alkyl halides is 3. The molecule has 1 N–H and O–H groups in total. The molecule has 7 nitrogen and oxygen atoms in total. The van der Waals surface area contributed by atoms with Crippen LogP contribution in [0.15, 0.2) is 18.5 Å². The van der Waals surface area contributed by atoms with Crippen molar-refractivity contribution >= 4 is 17.8 Å². The van der Waals surface area contributed by atoms with Crippen LogP contribution in [0.1, 0.15) is 33.1 Å². The molecule has 2 aliphatic rings. The topological polar surface area (TPSA) is 86.6 Å². The van der Waals surface area contributed by atoms with Crippen molar-refractivity contribution in [1.29, 1.82) is 0 Å². The highest BCUT2D eigenvalue weighted by Gasteiger charge is 2.40. The number of aliphatic carboxylic acids is 1. The molecule has 1 aromatic heterocycles. The van der Waals surface area contributed by atoms with Gasteiger partial charge in [-0.15, -0.1) is 0 Å². The fraction of sp³-hybridized carbons (Fsp3) is 0.684. The average molecular weight is 416 g/mol. The summed E-state index contributed by atoms with van der Waals surface area (Å²) in [6.07, 6.45) is 1.55. The van der Waals surface area contributed by atoms with Crippen LogP contribution in [0.3, 0.4) is 0 Å². The monoisotopic (exact) mass is 416 g/mol. The lowest BCUT2D eigenvalue weighted by molar-refractivity contribution is -0.192. The standard InChI is InChI=1S/C17H26N4O.C2HF3O2/c1-3-13(4-2)16(22)21-10-14-6-9-20(11-15(14)12-21)17-18-7-5-8-19-17;3-2(4,5)1(6)7/h5,7-8,13-15H,3-4,6,9-12H2,1-2H3;(H,6,7)/t14-,15+;/m0./s1. The second-order valence-corrected chi connectivity index (χ2v) is 7.36. The Labute approximate surface area is 167 Å². The maximum Gasteiger partial charge on any atom is 0.490 e. The Morgan fingerprint density at radius 2 is 1.69 bits per heavy atom. The number of hydrogen-bond donors (Lipinski definition) is 1. The molecule has 0 spiro atoms. The van der Waals surface area contributed by atoms with Gasteiger partial charge in [0.2, 0.25) is 11.9 Å².